The molecule has 2 heterocycles. The maximum atomic E-state index is 12.5. The number of carbonyl (C=O) groups excluding carboxylic acids is 1. The van der Waals surface area contributed by atoms with Gasteiger partial charge in [-0.25, -0.2) is 8.93 Å². The molecule has 11 heteroatoms. The van der Waals surface area contributed by atoms with Gasteiger partial charge in [-0.1, -0.05) is 31.4 Å². The molecule has 1 aliphatic carbocycles. The van der Waals surface area contributed by atoms with Crippen molar-refractivity contribution < 1.29 is 26.6 Å². The molecule has 1 atom stereocenters. The molecule has 34 heavy (non-hydrogen) atoms. The number of alkyl halides is 3. The van der Waals surface area contributed by atoms with Gasteiger partial charge in [0.2, 0.25) is 0 Å². The SMILES string of the molecule is NCC(F)(F)F.O=C(NCc1ccc(S(=O)NC2CCCCC2)cc1)c1cc2ccncc2o1. The van der Waals surface area contributed by atoms with E-state index in [0.29, 0.717) is 18.2 Å². The van der Waals surface area contributed by atoms with Crippen molar-refractivity contribution in [2.45, 2.75) is 55.8 Å². The van der Waals surface area contributed by atoms with Gasteiger partial charge in [-0.2, -0.15) is 13.2 Å². The summed E-state index contributed by atoms with van der Waals surface area (Å²) in [7, 11) is -1.20. The van der Waals surface area contributed by atoms with E-state index in [2.05, 4.69) is 20.8 Å². The molecule has 4 N–H and O–H groups in total. The zero-order chi connectivity index (χ0) is 24.6. The summed E-state index contributed by atoms with van der Waals surface area (Å²) in [6, 6.07) is 11.3. The molecule has 1 aliphatic rings. The lowest BCUT2D eigenvalue weighted by Crippen LogP contribution is -2.32. The van der Waals surface area contributed by atoms with Crippen molar-refractivity contribution in [3.05, 3.63) is 60.1 Å². The first kappa shape index (κ1) is 25.9. The second-order valence-corrected chi connectivity index (χ2v) is 9.14. The van der Waals surface area contributed by atoms with Crippen LogP contribution in [0.5, 0.6) is 0 Å². The normalized spacial score (nSPS) is 15.4. The fourth-order valence-electron chi connectivity index (χ4n) is 3.44. The van der Waals surface area contributed by atoms with Gasteiger partial charge < -0.3 is 15.5 Å². The third-order valence-corrected chi connectivity index (χ3v) is 6.50. The van der Waals surface area contributed by atoms with Gasteiger partial charge in [0, 0.05) is 24.2 Å². The van der Waals surface area contributed by atoms with Gasteiger partial charge in [0.25, 0.3) is 5.91 Å². The number of amides is 1. The number of aromatic nitrogens is 1. The number of rotatable bonds is 6. The Bertz CT molecular complexity index is 1060. The topological polar surface area (TPSA) is 110 Å². The molecule has 3 aromatic rings. The highest BCUT2D eigenvalue weighted by atomic mass is 32.2. The smallest absolute Gasteiger partial charge is 0.400 e. The van der Waals surface area contributed by atoms with Gasteiger partial charge in [-0.3, -0.25) is 9.78 Å². The number of furan rings is 1. The molecule has 0 radical (unpaired) electrons. The van der Waals surface area contributed by atoms with Crippen LogP contribution in [0.1, 0.15) is 48.2 Å². The predicted octanol–water partition coefficient (Wildman–Crippen LogP) is 4.21. The Kier molecular flexibility index (Phi) is 9.20. The number of carbonyl (C=O) groups is 1. The molecular weight excluding hydrogens is 469 g/mol. The quantitative estimate of drug-likeness (QED) is 0.474. The van der Waals surface area contributed by atoms with E-state index in [1.165, 1.54) is 19.3 Å². The number of fused-ring (bicyclic) bond motifs is 1. The maximum absolute atomic E-state index is 12.5. The summed E-state index contributed by atoms with van der Waals surface area (Å²) in [6.45, 7) is -0.857. The first-order valence-electron chi connectivity index (χ1n) is 10.9. The molecule has 1 amide bonds. The molecule has 1 fully saturated rings. The van der Waals surface area contributed by atoms with Crippen molar-refractivity contribution in [1.29, 1.82) is 0 Å². The lowest BCUT2D eigenvalue weighted by atomic mass is 9.96. The van der Waals surface area contributed by atoms with Crippen LogP contribution in [-0.2, 0) is 17.5 Å². The molecule has 4 rings (SSSR count). The summed E-state index contributed by atoms with van der Waals surface area (Å²) < 4.78 is 53.2. The first-order chi connectivity index (χ1) is 16.2. The van der Waals surface area contributed by atoms with E-state index in [0.717, 1.165) is 28.7 Å². The second-order valence-electron chi connectivity index (χ2n) is 7.89. The summed E-state index contributed by atoms with van der Waals surface area (Å²) in [5.41, 5.74) is 5.70. The molecular formula is C23H27F3N4O3S. The van der Waals surface area contributed by atoms with Gasteiger partial charge >= 0.3 is 6.18 Å². The minimum Gasteiger partial charge on any atom is -0.449 e. The molecule has 184 valence electrons. The van der Waals surface area contributed by atoms with E-state index < -0.39 is 23.7 Å². The lowest BCUT2D eigenvalue weighted by Gasteiger charge is -2.22. The summed E-state index contributed by atoms with van der Waals surface area (Å²) >= 11 is 0. The Morgan fingerprint density at radius 1 is 1.15 bits per heavy atom. The van der Waals surface area contributed by atoms with Crippen LogP contribution in [0.25, 0.3) is 11.0 Å². The van der Waals surface area contributed by atoms with Crippen LogP contribution in [0.15, 0.2) is 58.1 Å². The zero-order valence-corrected chi connectivity index (χ0v) is 19.3. The van der Waals surface area contributed by atoms with Gasteiger partial charge in [-0.15, -0.1) is 0 Å². The Morgan fingerprint density at radius 3 is 2.44 bits per heavy atom. The maximum Gasteiger partial charge on any atom is 0.400 e. The zero-order valence-electron chi connectivity index (χ0n) is 18.4. The summed E-state index contributed by atoms with van der Waals surface area (Å²) in [5, 5.41) is 3.69. The predicted molar refractivity (Wildman–Crippen MR) is 123 cm³/mol. The fraction of sp³-hybridized carbons (Fsp3) is 0.391. The molecule has 7 nitrogen and oxygen atoms in total. The van der Waals surface area contributed by atoms with E-state index in [1.807, 2.05) is 24.3 Å². The Labute approximate surface area is 197 Å². The summed E-state index contributed by atoms with van der Waals surface area (Å²) in [6.07, 6.45) is 4.93. The third kappa shape index (κ3) is 7.93. The van der Waals surface area contributed by atoms with E-state index in [-0.39, 0.29) is 11.7 Å². The van der Waals surface area contributed by atoms with E-state index in [1.54, 1.807) is 24.5 Å². The summed E-state index contributed by atoms with van der Waals surface area (Å²) in [5.74, 6) is -0.0137. The lowest BCUT2D eigenvalue weighted by molar-refractivity contribution is -0.118. The van der Waals surface area contributed by atoms with Crippen LogP contribution in [0.4, 0.5) is 13.2 Å². The minimum atomic E-state index is -4.18. The van der Waals surface area contributed by atoms with Crippen LogP contribution in [0.2, 0.25) is 0 Å². The molecule has 0 bridgehead atoms. The van der Waals surface area contributed by atoms with Crippen LogP contribution in [0.3, 0.4) is 0 Å². The monoisotopic (exact) mass is 496 g/mol. The number of hydrogen-bond donors (Lipinski definition) is 3. The molecule has 1 unspecified atom stereocenters. The molecule has 1 aromatic carbocycles. The van der Waals surface area contributed by atoms with Gasteiger partial charge in [0.1, 0.15) is 11.0 Å². The van der Waals surface area contributed by atoms with E-state index >= 15 is 0 Å². The number of pyridine rings is 1. The van der Waals surface area contributed by atoms with Crippen molar-refractivity contribution in [3.8, 4) is 0 Å². The van der Waals surface area contributed by atoms with E-state index in [9.17, 15) is 22.2 Å². The van der Waals surface area contributed by atoms with Crippen LogP contribution >= 0.6 is 0 Å². The van der Waals surface area contributed by atoms with Gasteiger partial charge in [0.05, 0.1) is 17.6 Å². The minimum absolute atomic E-state index is 0.261. The molecule has 0 saturated heterocycles. The number of nitrogens with two attached hydrogens (primary N) is 1. The third-order valence-electron chi connectivity index (χ3n) is 5.25. The van der Waals surface area contributed by atoms with Gasteiger partial charge in [0.15, 0.2) is 11.3 Å². The van der Waals surface area contributed by atoms with Crippen LogP contribution in [-0.4, -0.2) is 33.9 Å². The number of halogens is 3. The molecule has 2 aromatic heterocycles. The number of nitrogens with zero attached hydrogens (tertiary/aromatic N) is 1. The Morgan fingerprint density at radius 2 is 1.82 bits per heavy atom. The van der Waals surface area contributed by atoms with Crippen molar-refractivity contribution in [3.63, 3.8) is 0 Å². The highest BCUT2D eigenvalue weighted by molar-refractivity contribution is 7.83. The average molecular weight is 497 g/mol. The Hall–Kier alpha value is -2.76. The standard InChI is InChI=1S/C21H23N3O3S.C2H4F3N/c25-21(19-12-16-10-11-22-14-20(16)27-19)23-13-15-6-8-18(9-7-15)28(26)24-17-4-2-1-3-5-17;3-2(4,5)1-6/h6-12,14,17,24H,1-5,13H2,(H,23,25);1,6H2. The van der Waals surface area contributed by atoms with Crippen molar-refractivity contribution in [2.75, 3.05) is 6.54 Å². The van der Waals surface area contributed by atoms with Crippen molar-refractivity contribution in [2.24, 2.45) is 5.73 Å². The molecule has 1 saturated carbocycles. The summed E-state index contributed by atoms with van der Waals surface area (Å²) in [4.78, 5) is 17.0. The largest absolute Gasteiger partial charge is 0.449 e. The number of benzene rings is 1. The van der Waals surface area contributed by atoms with Crippen molar-refractivity contribution in [1.82, 2.24) is 15.0 Å². The van der Waals surface area contributed by atoms with E-state index in [4.69, 9.17) is 4.42 Å². The highest BCUT2D eigenvalue weighted by Gasteiger charge is 2.23. The number of nitrogens with one attached hydrogen (secondary N) is 2. The fourth-order valence-corrected chi connectivity index (χ4v) is 4.49. The molecule has 0 spiro atoms. The van der Waals surface area contributed by atoms with Gasteiger partial charge in [-0.05, 0) is 42.7 Å². The average Bonchev–Trinajstić information content (AvgIpc) is 3.28. The van der Waals surface area contributed by atoms with Crippen LogP contribution < -0.4 is 15.8 Å². The Balaban J connectivity index is 0.000000481. The molecule has 0 aliphatic heterocycles. The number of hydrogen-bond acceptors (Lipinski definition) is 5. The van der Waals surface area contributed by atoms with Crippen molar-refractivity contribution >= 4 is 27.9 Å². The van der Waals surface area contributed by atoms with Crippen LogP contribution in [0, 0.1) is 0 Å². The highest BCUT2D eigenvalue weighted by Crippen LogP contribution is 2.20. The second kappa shape index (κ2) is 12.1. The first-order valence-corrected chi connectivity index (χ1v) is 12.1.